The molecule has 0 atom stereocenters. The van der Waals surface area contributed by atoms with E-state index < -0.39 is 0 Å². The molecular weight excluding hydrogens is 278 g/mol. The van der Waals surface area contributed by atoms with E-state index in [1.165, 1.54) is 37.0 Å². The van der Waals surface area contributed by atoms with E-state index in [0.29, 0.717) is 0 Å². The summed E-state index contributed by atoms with van der Waals surface area (Å²) in [6, 6.07) is 4.08. The summed E-state index contributed by atoms with van der Waals surface area (Å²) in [5.41, 5.74) is 2.46. The molecule has 1 saturated heterocycles. The smallest absolute Gasteiger partial charge is 0.162 e. The van der Waals surface area contributed by atoms with E-state index >= 15 is 0 Å². The zero-order chi connectivity index (χ0) is 15.4. The average Bonchev–Trinajstić information content (AvgIpc) is 2.96. The molecule has 2 N–H and O–H groups in total. The molecule has 5 heteroatoms. The van der Waals surface area contributed by atoms with Gasteiger partial charge in [-0.1, -0.05) is 0 Å². The maximum Gasteiger partial charge on any atom is 0.162 e. The number of methoxy groups -OCH3 is 2. The first-order chi connectivity index (χ1) is 10.8. The van der Waals surface area contributed by atoms with Crippen molar-refractivity contribution in [2.75, 3.05) is 46.9 Å². The van der Waals surface area contributed by atoms with E-state index in [-0.39, 0.29) is 0 Å². The zero-order valence-electron chi connectivity index (χ0n) is 13.4. The third kappa shape index (κ3) is 3.20. The van der Waals surface area contributed by atoms with Gasteiger partial charge in [-0.25, -0.2) is 0 Å². The number of hydrogen-bond acceptors (Lipinski definition) is 4. The number of piperazine rings is 1. The second-order valence-electron chi connectivity index (χ2n) is 5.76. The summed E-state index contributed by atoms with van der Waals surface area (Å²) in [5.74, 6) is 1.56. The summed E-state index contributed by atoms with van der Waals surface area (Å²) < 4.78 is 10.8. The summed E-state index contributed by atoms with van der Waals surface area (Å²) in [7, 11) is 3.35. The predicted octanol–water partition coefficient (Wildman–Crippen LogP) is 2.02. The summed E-state index contributed by atoms with van der Waals surface area (Å²) in [4.78, 5) is 5.88. The minimum absolute atomic E-state index is 0.768. The normalized spacial score (nSPS) is 16.1. The Hall–Kier alpha value is -1.72. The lowest BCUT2D eigenvalue weighted by Gasteiger charge is -2.26. The first-order valence-electron chi connectivity index (χ1n) is 7.97. The van der Waals surface area contributed by atoms with Crippen LogP contribution in [0.15, 0.2) is 18.3 Å². The van der Waals surface area contributed by atoms with Gasteiger partial charge in [0.2, 0.25) is 0 Å². The van der Waals surface area contributed by atoms with Crippen LogP contribution in [0.2, 0.25) is 0 Å². The fourth-order valence-corrected chi connectivity index (χ4v) is 3.14. The Labute approximate surface area is 131 Å². The molecule has 0 spiro atoms. The zero-order valence-corrected chi connectivity index (χ0v) is 13.4. The highest BCUT2D eigenvalue weighted by atomic mass is 16.5. The Morgan fingerprint density at radius 3 is 2.55 bits per heavy atom. The second kappa shape index (κ2) is 7.03. The molecule has 1 aliphatic heterocycles. The Morgan fingerprint density at radius 2 is 1.82 bits per heavy atom. The van der Waals surface area contributed by atoms with Crippen LogP contribution in [0.1, 0.15) is 12.0 Å². The molecule has 0 aliphatic carbocycles. The number of aromatic nitrogens is 1. The number of aromatic amines is 1. The van der Waals surface area contributed by atoms with Crippen molar-refractivity contribution in [3.8, 4) is 11.5 Å². The number of aryl methyl sites for hydroxylation is 1. The quantitative estimate of drug-likeness (QED) is 0.857. The SMILES string of the molecule is COc1cc2[nH]cc(CCCN3CCNCC3)c2cc1OC. The molecule has 0 saturated carbocycles. The van der Waals surface area contributed by atoms with Crippen LogP contribution in [-0.2, 0) is 6.42 Å². The van der Waals surface area contributed by atoms with Gasteiger partial charge in [-0.15, -0.1) is 0 Å². The maximum atomic E-state index is 5.41. The highest BCUT2D eigenvalue weighted by Crippen LogP contribution is 2.33. The molecule has 0 bridgehead atoms. The van der Waals surface area contributed by atoms with E-state index in [4.69, 9.17) is 9.47 Å². The van der Waals surface area contributed by atoms with Gasteiger partial charge in [0.1, 0.15) is 0 Å². The molecule has 2 aromatic rings. The lowest BCUT2D eigenvalue weighted by molar-refractivity contribution is 0.238. The van der Waals surface area contributed by atoms with Crippen molar-refractivity contribution in [2.45, 2.75) is 12.8 Å². The van der Waals surface area contributed by atoms with Crippen LogP contribution >= 0.6 is 0 Å². The lowest BCUT2D eigenvalue weighted by atomic mass is 10.1. The third-order valence-corrected chi connectivity index (χ3v) is 4.40. The van der Waals surface area contributed by atoms with Crippen molar-refractivity contribution in [1.29, 1.82) is 0 Å². The molecule has 1 aromatic heterocycles. The molecular formula is C17H25N3O2. The molecule has 120 valence electrons. The highest BCUT2D eigenvalue weighted by molar-refractivity contribution is 5.86. The number of nitrogens with zero attached hydrogens (tertiary/aromatic N) is 1. The van der Waals surface area contributed by atoms with Crippen LogP contribution in [0.5, 0.6) is 11.5 Å². The Bertz CT molecular complexity index is 618. The Morgan fingerprint density at radius 1 is 1.09 bits per heavy atom. The number of nitrogens with one attached hydrogen (secondary N) is 2. The summed E-state index contributed by atoms with van der Waals surface area (Å²) in [6.07, 6.45) is 4.38. The molecule has 1 fully saturated rings. The van der Waals surface area contributed by atoms with E-state index in [1.54, 1.807) is 14.2 Å². The van der Waals surface area contributed by atoms with Crippen molar-refractivity contribution in [2.24, 2.45) is 0 Å². The van der Waals surface area contributed by atoms with Gasteiger partial charge in [0.05, 0.1) is 14.2 Å². The molecule has 22 heavy (non-hydrogen) atoms. The van der Waals surface area contributed by atoms with Crippen LogP contribution < -0.4 is 14.8 Å². The van der Waals surface area contributed by atoms with Gasteiger partial charge in [-0.3, -0.25) is 0 Å². The van der Waals surface area contributed by atoms with Crippen LogP contribution in [0, 0.1) is 0 Å². The molecule has 0 unspecified atom stereocenters. The molecule has 0 amide bonds. The topological polar surface area (TPSA) is 49.5 Å². The van der Waals surface area contributed by atoms with Crippen molar-refractivity contribution in [3.63, 3.8) is 0 Å². The maximum absolute atomic E-state index is 5.41. The number of H-pyrrole nitrogens is 1. The van der Waals surface area contributed by atoms with E-state index in [9.17, 15) is 0 Å². The fraction of sp³-hybridized carbons (Fsp3) is 0.529. The molecule has 2 heterocycles. The van der Waals surface area contributed by atoms with Gasteiger partial charge in [0.25, 0.3) is 0 Å². The van der Waals surface area contributed by atoms with E-state index in [2.05, 4.69) is 27.5 Å². The number of benzene rings is 1. The average molecular weight is 303 g/mol. The van der Waals surface area contributed by atoms with E-state index in [0.717, 1.165) is 36.5 Å². The van der Waals surface area contributed by atoms with Gasteiger partial charge in [0.15, 0.2) is 11.5 Å². The van der Waals surface area contributed by atoms with Gasteiger partial charge < -0.3 is 24.7 Å². The Balaban J connectivity index is 1.68. The van der Waals surface area contributed by atoms with Crippen LogP contribution in [0.3, 0.4) is 0 Å². The first kappa shape index (κ1) is 15.2. The molecule has 5 nitrogen and oxygen atoms in total. The first-order valence-corrected chi connectivity index (χ1v) is 7.97. The van der Waals surface area contributed by atoms with Crippen molar-refractivity contribution in [1.82, 2.24) is 15.2 Å². The van der Waals surface area contributed by atoms with Crippen molar-refractivity contribution >= 4 is 10.9 Å². The number of fused-ring (bicyclic) bond motifs is 1. The highest BCUT2D eigenvalue weighted by Gasteiger charge is 2.12. The monoisotopic (exact) mass is 303 g/mol. The van der Waals surface area contributed by atoms with Gasteiger partial charge in [-0.05, 0) is 31.0 Å². The number of rotatable bonds is 6. The largest absolute Gasteiger partial charge is 0.493 e. The fourth-order valence-electron chi connectivity index (χ4n) is 3.14. The van der Waals surface area contributed by atoms with Gasteiger partial charge in [0, 0.05) is 49.3 Å². The van der Waals surface area contributed by atoms with Crippen molar-refractivity contribution < 1.29 is 9.47 Å². The standard InChI is InChI=1S/C17H25N3O2/c1-21-16-10-14-13(12-19-15(14)11-17(16)22-2)4-3-7-20-8-5-18-6-9-20/h10-12,18-19H,3-9H2,1-2H3. The summed E-state index contributed by atoms with van der Waals surface area (Å²) in [6.45, 7) is 5.73. The molecule has 1 aliphatic rings. The second-order valence-corrected chi connectivity index (χ2v) is 5.76. The predicted molar refractivity (Wildman–Crippen MR) is 89.0 cm³/mol. The lowest BCUT2D eigenvalue weighted by Crippen LogP contribution is -2.43. The molecule has 0 radical (unpaired) electrons. The van der Waals surface area contributed by atoms with Crippen LogP contribution in [0.25, 0.3) is 10.9 Å². The van der Waals surface area contributed by atoms with Gasteiger partial charge in [-0.2, -0.15) is 0 Å². The van der Waals surface area contributed by atoms with Crippen molar-refractivity contribution in [3.05, 3.63) is 23.9 Å². The summed E-state index contributed by atoms with van der Waals surface area (Å²) in [5, 5.41) is 4.63. The Kier molecular flexibility index (Phi) is 4.85. The molecule has 1 aromatic carbocycles. The van der Waals surface area contributed by atoms with Gasteiger partial charge >= 0.3 is 0 Å². The number of hydrogen-bond donors (Lipinski definition) is 2. The minimum Gasteiger partial charge on any atom is -0.493 e. The number of ether oxygens (including phenoxy) is 2. The molecule has 3 rings (SSSR count). The summed E-state index contributed by atoms with van der Waals surface area (Å²) >= 11 is 0. The van der Waals surface area contributed by atoms with Crippen LogP contribution in [-0.4, -0.2) is 56.8 Å². The third-order valence-electron chi connectivity index (χ3n) is 4.40. The minimum atomic E-state index is 0.768. The van der Waals surface area contributed by atoms with Crippen LogP contribution in [0.4, 0.5) is 0 Å². The van der Waals surface area contributed by atoms with E-state index in [1.807, 2.05) is 6.07 Å².